The summed E-state index contributed by atoms with van der Waals surface area (Å²) in [5, 5.41) is 12.7. The van der Waals surface area contributed by atoms with E-state index in [4.69, 9.17) is 0 Å². The maximum Gasteiger partial charge on any atom is 0.150 e. The van der Waals surface area contributed by atoms with Crippen molar-refractivity contribution in [2.45, 2.75) is 132 Å². The molecule has 1 N–H and O–H groups in total. The van der Waals surface area contributed by atoms with Gasteiger partial charge in [-0.2, -0.15) is 0 Å². The first-order chi connectivity index (χ1) is 21.6. The second-order valence-electron chi connectivity index (χ2n) is 17.1. The van der Waals surface area contributed by atoms with Gasteiger partial charge in [-0.1, -0.05) is 90.4 Å². The monoisotopic (exact) mass is 622 g/mol. The van der Waals surface area contributed by atoms with Crippen LogP contribution in [0.15, 0.2) is 42.0 Å². The Hall–Kier alpha value is -2.52. The second-order valence-corrected chi connectivity index (χ2v) is 17.1. The van der Waals surface area contributed by atoms with Crippen molar-refractivity contribution in [3.63, 3.8) is 0 Å². The molecule has 2 fully saturated rings. The van der Waals surface area contributed by atoms with Gasteiger partial charge < -0.3 is 5.11 Å². The number of benzene rings is 2. The number of hydrogen-bond acceptors (Lipinski definition) is 3. The van der Waals surface area contributed by atoms with Gasteiger partial charge >= 0.3 is 0 Å². The molecule has 46 heavy (non-hydrogen) atoms. The molecule has 3 nitrogen and oxygen atoms in total. The third kappa shape index (κ3) is 5.10. The van der Waals surface area contributed by atoms with Crippen molar-refractivity contribution in [2.24, 2.45) is 39.9 Å². The van der Waals surface area contributed by atoms with Crippen LogP contribution in [0.1, 0.15) is 140 Å². The number of aryl methyl sites for hydroxylation is 1. The van der Waals surface area contributed by atoms with Crippen LogP contribution < -0.4 is 0 Å². The summed E-state index contributed by atoms with van der Waals surface area (Å²) in [7, 11) is 0. The highest BCUT2D eigenvalue weighted by molar-refractivity contribution is 6.05. The van der Waals surface area contributed by atoms with E-state index in [9.17, 15) is 14.7 Å². The first-order valence-electron chi connectivity index (χ1n) is 18.3. The number of carbonyl (C=O) groups is 2. The van der Waals surface area contributed by atoms with Crippen LogP contribution in [0.25, 0.3) is 11.1 Å². The fraction of sp³-hybridized carbons (Fsp3) is 0.628. The smallest absolute Gasteiger partial charge is 0.150 e. The first-order valence-corrected chi connectivity index (χ1v) is 18.3. The molecule has 0 saturated heterocycles. The standard InChI is InChI=1S/C43H58O3/c1-25(2)31-17-19-32(20-18-31)34-21-33(16-15-30-13-11-10-12-14-30)27(4)37-35(34)23-41(7)24-42(8)22-26(3)36(29(6)44)40(46)43(42,9)28(5)38(41)39(37)45/h13,17-21,25-26,28,36,38-39,45H,10-12,14-16,22-24H2,1-9H3. The quantitative estimate of drug-likeness (QED) is 0.258. The van der Waals surface area contributed by atoms with Crippen molar-refractivity contribution in [3.8, 4) is 11.1 Å². The summed E-state index contributed by atoms with van der Waals surface area (Å²) in [5.41, 5.74) is 9.36. The molecule has 6 rings (SSSR count). The molecule has 4 aliphatic carbocycles. The van der Waals surface area contributed by atoms with Crippen molar-refractivity contribution >= 4 is 11.6 Å². The highest BCUT2D eigenvalue weighted by Gasteiger charge is 2.69. The number of carbonyl (C=O) groups excluding carboxylic acids is 2. The fourth-order valence-electron chi connectivity index (χ4n) is 11.4. The Kier molecular flexibility index (Phi) is 8.61. The third-order valence-corrected chi connectivity index (χ3v) is 13.9. The summed E-state index contributed by atoms with van der Waals surface area (Å²) in [4.78, 5) is 27.3. The van der Waals surface area contributed by atoms with E-state index in [0.29, 0.717) is 5.92 Å². The van der Waals surface area contributed by atoms with E-state index in [1.165, 1.54) is 59.1 Å². The van der Waals surface area contributed by atoms with Gasteiger partial charge in [-0.15, -0.1) is 0 Å². The number of aliphatic hydroxyl groups is 1. The lowest BCUT2D eigenvalue weighted by Gasteiger charge is -2.67. The Morgan fingerprint density at radius 3 is 2.35 bits per heavy atom. The zero-order valence-electron chi connectivity index (χ0n) is 30.1. The van der Waals surface area contributed by atoms with E-state index in [2.05, 4.69) is 91.8 Å². The van der Waals surface area contributed by atoms with E-state index >= 15 is 0 Å². The van der Waals surface area contributed by atoms with Gasteiger partial charge in [0.15, 0.2) is 0 Å². The largest absolute Gasteiger partial charge is 0.388 e. The molecule has 4 aliphatic rings. The zero-order valence-corrected chi connectivity index (χ0v) is 30.1. The van der Waals surface area contributed by atoms with Gasteiger partial charge in [0.25, 0.3) is 0 Å². The summed E-state index contributed by atoms with van der Waals surface area (Å²) >= 11 is 0. The molecular formula is C43H58O3. The van der Waals surface area contributed by atoms with Crippen LogP contribution in [0.5, 0.6) is 0 Å². The minimum absolute atomic E-state index is 0.00228. The summed E-state index contributed by atoms with van der Waals surface area (Å²) in [6.45, 7) is 19.5. The Bertz CT molecular complexity index is 1560. The van der Waals surface area contributed by atoms with Gasteiger partial charge in [-0.3, -0.25) is 9.59 Å². The number of allylic oxidation sites excluding steroid dienone is 2. The second kappa shape index (κ2) is 11.9. The predicted molar refractivity (Wildman–Crippen MR) is 189 cm³/mol. The van der Waals surface area contributed by atoms with Crippen LogP contribution in [0.3, 0.4) is 0 Å². The average Bonchev–Trinajstić information content (AvgIpc) is 2.99. The van der Waals surface area contributed by atoms with Gasteiger partial charge in [0.05, 0.1) is 12.0 Å². The number of ketones is 2. The Labute approximate surface area is 278 Å². The molecule has 0 aliphatic heterocycles. The molecule has 3 heteroatoms. The fourth-order valence-corrected chi connectivity index (χ4v) is 11.4. The zero-order chi connectivity index (χ0) is 33.3. The van der Waals surface area contributed by atoms with Gasteiger partial charge in [0.1, 0.15) is 11.6 Å². The number of fused-ring (bicyclic) bond motifs is 3. The van der Waals surface area contributed by atoms with Gasteiger partial charge in [-0.05, 0) is 145 Å². The normalized spacial score (nSPS) is 35.7. The molecule has 248 valence electrons. The lowest BCUT2D eigenvalue weighted by Crippen LogP contribution is -2.66. The Morgan fingerprint density at radius 2 is 1.74 bits per heavy atom. The number of hydrogen-bond donors (Lipinski definition) is 1. The van der Waals surface area contributed by atoms with Crippen LogP contribution >= 0.6 is 0 Å². The topological polar surface area (TPSA) is 54.4 Å². The molecule has 0 aromatic heterocycles. The minimum atomic E-state index is -0.660. The number of rotatable bonds is 6. The highest BCUT2D eigenvalue weighted by atomic mass is 16.3. The van der Waals surface area contributed by atoms with Crippen LogP contribution in [0.4, 0.5) is 0 Å². The van der Waals surface area contributed by atoms with Crippen molar-refractivity contribution in [3.05, 3.63) is 69.8 Å². The van der Waals surface area contributed by atoms with Crippen LogP contribution in [0.2, 0.25) is 0 Å². The summed E-state index contributed by atoms with van der Waals surface area (Å²) in [6.07, 6.45) is 11.5. The van der Waals surface area contributed by atoms with Crippen LogP contribution in [-0.4, -0.2) is 16.7 Å². The minimum Gasteiger partial charge on any atom is -0.388 e. The molecule has 2 saturated carbocycles. The molecule has 0 spiro atoms. The van der Waals surface area contributed by atoms with E-state index < -0.39 is 17.4 Å². The first kappa shape index (κ1) is 33.4. The predicted octanol–water partition coefficient (Wildman–Crippen LogP) is 10.3. The molecule has 2 aromatic carbocycles. The molecule has 8 atom stereocenters. The summed E-state index contributed by atoms with van der Waals surface area (Å²) < 4.78 is 0. The van der Waals surface area contributed by atoms with E-state index in [0.717, 1.165) is 37.7 Å². The van der Waals surface area contributed by atoms with Crippen LogP contribution in [0, 0.1) is 46.8 Å². The van der Waals surface area contributed by atoms with Crippen molar-refractivity contribution in [1.29, 1.82) is 0 Å². The van der Waals surface area contributed by atoms with Crippen molar-refractivity contribution < 1.29 is 14.7 Å². The van der Waals surface area contributed by atoms with E-state index in [-0.39, 0.29) is 40.2 Å². The number of aliphatic hydroxyl groups excluding tert-OH is 1. The van der Waals surface area contributed by atoms with Crippen molar-refractivity contribution in [1.82, 2.24) is 0 Å². The van der Waals surface area contributed by atoms with Gasteiger partial charge in [-0.25, -0.2) is 0 Å². The molecule has 0 radical (unpaired) electrons. The third-order valence-electron chi connectivity index (χ3n) is 13.9. The van der Waals surface area contributed by atoms with Gasteiger partial charge in [0, 0.05) is 5.41 Å². The number of Topliss-reactive ketones (excluding diaryl/α,β-unsaturated/α-hetero) is 2. The maximum absolute atomic E-state index is 14.4. The summed E-state index contributed by atoms with van der Waals surface area (Å²) in [6, 6.07) is 11.6. The Morgan fingerprint density at radius 1 is 1.04 bits per heavy atom. The van der Waals surface area contributed by atoms with Crippen molar-refractivity contribution in [2.75, 3.05) is 0 Å². The molecule has 0 bridgehead atoms. The highest BCUT2D eigenvalue weighted by Crippen LogP contribution is 2.71. The molecule has 0 heterocycles. The van der Waals surface area contributed by atoms with E-state index in [1.54, 1.807) is 12.5 Å². The lowest BCUT2D eigenvalue weighted by molar-refractivity contribution is -0.201. The van der Waals surface area contributed by atoms with E-state index in [1.807, 2.05) is 0 Å². The summed E-state index contributed by atoms with van der Waals surface area (Å²) in [5.74, 6) is -0.0250. The molecule has 0 amide bonds. The van der Waals surface area contributed by atoms with Crippen LogP contribution in [-0.2, 0) is 22.4 Å². The maximum atomic E-state index is 14.4. The lowest BCUT2D eigenvalue weighted by atomic mass is 9.36. The molecular weight excluding hydrogens is 564 g/mol. The van der Waals surface area contributed by atoms with Gasteiger partial charge in [0.2, 0.25) is 0 Å². The SMILES string of the molecule is CC(=O)C1C(=O)C2(C)C(C)C3C(O)c4c(C)c(CCC5=CCCCC5)cc(-c5ccc(C(C)C)cc5)c4CC3(C)CC2(C)CC1C. The molecule has 2 aromatic rings. The Balaban J connectivity index is 1.49. The molecule has 8 unspecified atom stereocenters. The average molecular weight is 623 g/mol.